The van der Waals surface area contributed by atoms with E-state index in [2.05, 4.69) is 10.2 Å². The van der Waals surface area contributed by atoms with Gasteiger partial charge in [0, 0.05) is 19.0 Å². The van der Waals surface area contributed by atoms with E-state index < -0.39 is 0 Å². The van der Waals surface area contributed by atoms with E-state index in [1.807, 2.05) is 0 Å². The molecule has 4 aliphatic rings. The SMILES string of the molecule is O=C(C1CC12CCNCC2)N1CCC(OC2CCCC2)CC1. The normalized spacial score (nSPS) is 32.5. The summed E-state index contributed by atoms with van der Waals surface area (Å²) in [4.78, 5) is 14.9. The fraction of sp³-hybridized carbons (Fsp3) is 0.944. The van der Waals surface area contributed by atoms with Crippen LogP contribution in [0, 0.1) is 11.3 Å². The summed E-state index contributed by atoms with van der Waals surface area (Å²) < 4.78 is 6.22. The zero-order valence-electron chi connectivity index (χ0n) is 13.7. The summed E-state index contributed by atoms with van der Waals surface area (Å²) in [5.41, 5.74) is 0.375. The molecular formula is C18H30N2O2. The molecule has 1 spiro atoms. The average Bonchev–Trinajstić information content (AvgIpc) is 2.99. The highest BCUT2D eigenvalue weighted by atomic mass is 16.5. The van der Waals surface area contributed by atoms with Crippen molar-refractivity contribution < 1.29 is 9.53 Å². The maximum Gasteiger partial charge on any atom is 0.226 e. The van der Waals surface area contributed by atoms with Gasteiger partial charge in [-0.3, -0.25) is 4.79 Å². The number of piperidine rings is 2. The van der Waals surface area contributed by atoms with Crippen LogP contribution in [-0.2, 0) is 9.53 Å². The van der Waals surface area contributed by atoms with Crippen molar-refractivity contribution >= 4 is 5.91 Å². The first-order valence-electron chi connectivity index (χ1n) is 9.42. The van der Waals surface area contributed by atoms with Crippen LogP contribution in [0.1, 0.15) is 57.8 Å². The van der Waals surface area contributed by atoms with Gasteiger partial charge in [0.1, 0.15) is 0 Å². The first-order chi connectivity index (χ1) is 10.8. The Morgan fingerprint density at radius 3 is 2.32 bits per heavy atom. The summed E-state index contributed by atoms with van der Waals surface area (Å²) in [7, 11) is 0. The Kier molecular flexibility index (Phi) is 4.16. The van der Waals surface area contributed by atoms with E-state index in [4.69, 9.17) is 4.74 Å². The Balaban J connectivity index is 1.24. The Bertz CT molecular complexity index is 405. The molecule has 22 heavy (non-hydrogen) atoms. The molecule has 4 fully saturated rings. The molecule has 4 rings (SSSR count). The first-order valence-corrected chi connectivity index (χ1v) is 9.42. The summed E-state index contributed by atoms with van der Waals surface area (Å²) in [5.74, 6) is 0.781. The van der Waals surface area contributed by atoms with Gasteiger partial charge in [0.25, 0.3) is 0 Å². The maximum absolute atomic E-state index is 12.7. The van der Waals surface area contributed by atoms with Crippen molar-refractivity contribution in [2.45, 2.75) is 70.0 Å². The van der Waals surface area contributed by atoms with Crippen molar-refractivity contribution in [1.29, 1.82) is 0 Å². The fourth-order valence-electron chi connectivity index (χ4n) is 4.90. The summed E-state index contributed by atoms with van der Waals surface area (Å²) >= 11 is 0. The van der Waals surface area contributed by atoms with E-state index in [9.17, 15) is 4.79 Å². The number of carbonyl (C=O) groups excluding carboxylic acids is 1. The highest BCUT2D eigenvalue weighted by molar-refractivity contribution is 5.82. The number of hydrogen-bond donors (Lipinski definition) is 1. The van der Waals surface area contributed by atoms with Gasteiger partial charge < -0.3 is 15.0 Å². The lowest BCUT2D eigenvalue weighted by molar-refractivity contribution is -0.137. The lowest BCUT2D eigenvalue weighted by Crippen LogP contribution is -2.43. The van der Waals surface area contributed by atoms with Crippen LogP contribution in [0.4, 0.5) is 0 Å². The molecule has 2 aliphatic heterocycles. The minimum absolute atomic E-state index is 0.335. The zero-order valence-corrected chi connectivity index (χ0v) is 13.7. The van der Waals surface area contributed by atoms with Crippen LogP contribution in [0.5, 0.6) is 0 Å². The monoisotopic (exact) mass is 306 g/mol. The minimum atomic E-state index is 0.335. The molecule has 2 heterocycles. The van der Waals surface area contributed by atoms with Gasteiger partial charge in [0.15, 0.2) is 0 Å². The molecule has 2 aliphatic carbocycles. The van der Waals surface area contributed by atoms with Crippen LogP contribution in [0.15, 0.2) is 0 Å². The molecule has 1 N–H and O–H groups in total. The van der Waals surface area contributed by atoms with E-state index in [1.165, 1.54) is 38.5 Å². The third kappa shape index (κ3) is 2.92. The standard InChI is InChI=1S/C18H30N2O2/c21-17(16-13-18(16)7-9-19-10-8-18)20-11-5-15(6-12-20)22-14-3-1-2-4-14/h14-16,19H,1-13H2. The van der Waals surface area contributed by atoms with Gasteiger partial charge in [0.05, 0.1) is 12.2 Å². The highest BCUT2D eigenvalue weighted by Crippen LogP contribution is 2.59. The number of hydrogen-bond acceptors (Lipinski definition) is 3. The van der Waals surface area contributed by atoms with Crippen molar-refractivity contribution in [3.63, 3.8) is 0 Å². The van der Waals surface area contributed by atoms with Gasteiger partial charge >= 0.3 is 0 Å². The van der Waals surface area contributed by atoms with E-state index >= 15 is 0 Å². The number of nitrogens with one attached hydrogen (secondary N) is 1. The van der Waals surface area contributed by atoms with Crippen LogP contribution in [-0.4, -0.2) is 49.2 Å². The Morgan fingerprint density at radius 2 is 1.64 bits per heavy atom. The quantitative estimate of drug-likeness (QED) is 0.870. The van der Waals surface area contributed by atoms with Crippen molar-refractivity contribution in [2.24, 2.45) is 11.3 Å². The molecule has 4 nitrogen and oxygen atoms in total. The van der Waals surface area contributed by atoms with E-state index in [0.29, 0.717) is 29.4 Å². The summed E-state index contributed by atoms with van der Waals surface area (Å²) in [6, 6.07) is 0. The predicted molar refractivity (Wildman–Crippen MR) is 85.6 cm³/mol. The van der Waals surface area contributed by atoms with Crippen LogP contribution < -0.4 is 5.32 Å². The van der Waals surface area contributed by atoms with Gasteiger partial charge in [0.2, 0.25) is 5.91 Å². The van der Waals surface area contributed by atoms with Crippen LogP contribution >= 0.6 is 0 Å². The summed E-state index contributed by atoms with van der Waals surface area (Å²) in [6.45, 7) is 4.03. The molecule has 0 radical (unpaired) electrons. The Morgan fingerprint density at radius 1 is 1.00 bits per heavy atom. The second-order valence-corrected chi connectivity index (χ2v) is 7.94. The zero-order chi connectivity index (χ0) is 15.0. The lowest BCUT2D eigenvalue weighted by atomic mass is 9.91. The number of amides is 1. The van der Waals surface area contributed by atoms with Crippen LogP contribution in [0.2, 0.25) is 0 Å². The van der Waals surface area contributed by atoms with Gasteiger partial charge in [-0.15, -0.1) is 0 Å². The average molecular weight is 306 g/mol. The van der Waals surface area contributed by atoms with E-state index in [-0.39, 0.29) is 0 Å². The topological polar surface area (TPSA) is 41.6 Å². The second-order valence-electron chi connectivity index (χ2n) is 7.94. The number of carbonyl (C=O) groups is 1. The van der Waals surface area contributed by atoms with Gasteiger partial charge in [-0.05, 0) is 63.5 Å². The van der Waals surface area contributed by atoms with E-state index in [0.717, 1.165) is 45.4 Å². The maximum atomic E-state index is 12.7. The largest absolute Gasteiger partial charge is 0.375 e. The van der Waals surface area contributed by atoms with Crippen molar-refractivity contribution in [2.75, 3.05) is 26.2 Å². The third-order valence-corrected chi connectivity index (χ3v) is 6.53. The molecule has 0 bridgehead atoms. The summed E-state index contributed by atoms with van der Waals surface area (Å²) in [6.07, 6.45) is 11.7. The number of ether oxygens (including phenoxy) is 1. The van der Waals surface area contributed by atoms with Crippen molar-refractivity contribution in [3.05, 3.63) is 0 Å². The molecule has 2 saturated heterocycles. The Hall–Kier alpha value is -0.610. The number of nitrogens with zero attached hydrogens (tertiary/aromatic N) is 1. The molecular weight excluding hydrogens is 276 g/mol. The van der Waals surface area contributed by atoms with Gasteiger partial charge in [-0.1, -0.05) is 12.8 Å². The van der Waals surface area contributed by atoms with Crippen molar-refractivity contribution in [3.8, 4) is 0 Å². The molecule has 0 aromatic rings. The molecule has 1 unspecified atom stereocenters. The molecule has 1 atom stereocenters. The molecule has 1 amide bonds. The number of likely N-dealkylation sites (tertiary alicyclic amines) is 1. The summed E-state index contributed by atoms with van der Waals surface area (Å²) in [5, 5.41) is 3.42. The van der Waals surface area contributed by atoms with Crippen molar-refractivity contribution in [1.82, 2.24) is 10.2 Å². The second kappa shape index (κ2) is 6.12. The van der Waals surface area contributed by atoms with Crippen LogP contribution in [0.3, 0.4) is 0 Å². The first kappa shape index (κ1) is 14.9. The highest BCUT2D eigenvalue weighted by Gasteiger charge is 2.58. The van der Waals surface area contributed by atoms with Gasteiger partial charge in [-0.25, -0.2) is 0 Å². The Labute approximate surface area is 134 Å². The number of rotatable bonds is 3. The van der Waals surface area contributed by atoms with Crippen LogP contribution in [0.25, 0.3) is 0 Å². The molecule has 0 aromatic heterocycles. The lowest BCUT2D eigenvalue weighted by Gasteiger charge is -2.34. The molecule has 0 aromatic carbocycles. The molecule has 124 valence electrons. The third-order valence-electron chi connectivity index (χ3n) is 6.53. The molecule has 2 saturated carbocycles. The predicted octanol–water partition coefficient (Wildman–Crippen LogP) is 2.33. The molecule has 4 heteroatoms. The fourth-order valence-corrected chi connectivity index (χ4v) is 4.90. The minimum Gasteiger partial charge on any atom is -0.375 e. The van der Waals surface area contributed by atoms with E-state index in [1.54, 1.807) is 0 Å². The van der Waals surface area contributed by atoms with Gasteiger partial charge in [-0.2, -0.15) is 0 Å². The smallest absolute Gasteiger partial charge is 0.226 e.